The van der Waals surface area contributed by atoms with Gasteiger partial charge in [0.25, 0.3) is 0 Å². The molecule has 1 aliphatic heterocycles. The van der Waals surface area contributed by atoms with Crippen molar-refractivity contribution in [3.63, 3.8) is 0 Å². The maximum atomic E-state index is 13.6. The van der Waals surface area contributed by atoms with E-state index in [0.29, 0.717) is 19.0 Å². The molecule has 1 unspecified atom stereocenters. The van der Waals surface area contributed by atoms with Crippen molar-refractivity contribution in [2.24, 2.45) is 5.92 Å². The Morgan fingerprint density at radius 1 is 1.00 bits per heavy atom. The lowest BCUT2D eigenvalue weighted by atomic mass is 9.78. The number of benzene rings is 2. The zero-order valence-corrected chi connectivity index (χ0v) is 24.5. The van der Waals surface area contributed by atoms with Gasteiger partial charge in [-0.1, -0.05) is 54.5 Å². The number of rotatable bonds is 6. The van der Waals surface area contributed by atoms with Crippen LogP contribution in [-0.4, -0.2) is 51.9 Å². The van der Waals surface area contributed by atoms with Crippen LogP contribution in [0, 0.1) is 11.7 Å². The molecule has 220 valence electrons. The van der Waals surface area contributed by atoms with Crippen LogP contribution >= 0.6 is 0 Å². The molecule has 1 N–H and O–H groups in total. The average molecular weight is 577 g/mol. The van der Waals surface area contributed by atoms with Crippen molar-refractivity contribution in [3.05, 3.63) is 119 Å². The Kier molecular flexibility index (Phi) is 7.43. The van der Waals surface area contributed by atoms with Crippen LogP contribution in [0.1, 0.15) is 55.0 Å². The van der Waals surface area contributed by atoms with E-state index in [9.17, 15) is 9.18 Å². The summed E-state index contributed by atoms with van der Waals surface area (Å²) < 4.78 is 15.5. The number of carbonyl (C=O) groups excluding carboxylic acids is 1. The van der Waals surface area contributed by atoms with Gasteiger partial charge in [0.2, 0.25) is 0 Å². The monoisotopic (exact) mass is 576 g/mol. The molecule has 3 aliphatic rings. The van der Waals surface area contributed by atoms with Crippen LogP contribution < -0.4 is 10.2 Å². The molecule has 3 atom stereocenters. The summed E-state index contributed by atoms with van der Waals surface area (Å²) in [6, 6.07) is 22.8. The smallest absolute Gasteiger partial charge is 0.318 e. The van der Waals surface area contributed by atoms with E-state index in [-0.39, 0.29) is 23.8 Å². The number of carbonyl (C=O) groups is 1. The molecule has 2 aromatic heterocycles. The third-order valence-corrected chi connectivity index (χ3v) is 9.49. The molecular weight excluding hydrogens is 539 g/mol. The number of anilines is 1. The fraction of sp³-hybridized carbons (Fsp3) is 0.343. The van der Waals surface area contributed by atoms with Crippen LogP contribution in [0.2, 0.25) is 0 Å². The maximum absolute atomic E-state index is 13.6. The van der Waals surface area contributed by atoms with Crippen LogP contribution in [0.15, 0.2) is 96.3 Å². The van der Waals surface area contributed by atoms with Crippen molar-refractivity contribution in [2.45, 2.75) is 44.6 Å². The topological polar surface area (TPSA) is 66.3 Å². The number of urea groups is 1. The van der Waals surface area contributed by atoms with Gasteiger partial charge in [-0.05, 0) is 67.1 Å². The third-order valence-electron chi connectivity index (χ3n) is 9.49. The van der Waals surface area contributed by atoms with Gasteiger partial charge in [0.1, 0.15) is 11.6 Å². The highest BCUT2D eigenvalue weighted by Gasteiger charge is 2.38. The second-order valence-corrected chi connectivity index (χ2v) is 11.9. The van der Waals surface area contributed by atoms with Gasteiger partial charge in [-0.25, -0.2) is 18.9 Å². The summed E-state index contributed by atoms with van der Waals surface area (Å²) in [6.45, 7) is 5.16. The highest BCUT2D eigenvalue weighted by Crippen LogP contribution is 2.49. The molecule has 0 spiro atoms. The van der Waals surface area contributed by atoms with Crippen molar-refractivity contribution in [3.8, 4) is 5.69 Å². The normalized spacial score (nSPS) is 20.5. The molecule has 7 nitrogen and oxygen atoms in total. The van der Waals surface area contributed by atoms with Crippen molar-refractivity contribution in [1.82, 2.24) is 25.0 Å². The van der Waals surface area contributed by atoms with E-state index in [2.05, 4.69) is 46.4 Å². The number of amides is 2. The van der Waals surface area contributed by atoms with Gasteiger partial charge in [-0.3, -0.25) is 0 Å². The van der Waals surface area contributed by atoms with E-state index >= 15 is 0 Å². The zero-order chi connectivity index (χ0) is 29.3. The van der Waals surface area contributed by atoms with Crippen molar-refractivity contribution in [2.75, 3.05) is 31.1 Å². The molecule has 1 fully saturated rings. The molecule has 2 amide bonds. The van der Waals surface area contributed by atoms with Crippen LogP contribution in [0.5, 0.6) is 0 Å². The molecule has 7 rings (SSSR count). The van der Waals surface area contributed by atoms with E-state index in [1.54, 1.807) is 12.1 Å². The lowest BCUT2D eigenvalue weighted by Gasteiger charge is -2.36. The summed E-state index contributed by atoms with van der Waals surface area (Å²) in [5, 5.41) is 8.15. The summed E-state index contributed by atoms with van der Waals surface area (Å²) in [5.41, 5.74) is 7.51. The zero-order valence-electron chi connectivity index (χ0n) is 24.5. The van der Waals surface area contributed by atoms with E-state index in [0.717, 1.165) is 55.8 Å². The first-order valence-corrected chi connectivity index (χ1v) is 15.4. The first kappa shape index (κ1) is 27.4. The average Bonchev–Trinajstić information content (AvgIpc) is 3.67. The molecule has 2 aliphatic carbocycles. The lowest BCUT2D eigenvalue weighted by Crippen LogP contribution is -2.52. The molecule has 8 heteroatoms. The Morgan fingerprint density at radius 3 is 2.51 bits per heavy atom. The first-order chi connectivity index (χ1) is 21.0. The van der Waals surface area contributed by atoms with Gasteiger partial charge >= 0.3 is 6.03 Å². The minimum Gasteiger partial charge on any atom is -0.353 e. The van der Waals surface area contributed by atoms with Gasteiger partial charge in [-0.15, -0.1) is 0 Å². The number of aromatic nitrogens is 3. The predicted molar refractivity (Wildman–Crippen MR) is 166 cm³/mol. The number of nitrogens with one attached hydrogen (secondary N) is 1. The van der Waals surface area contributed by atoms with Gasteiger partial charge in [-0.2, -0.15) is 5.10 Å². The first-order valence-electron chi connectivity index (χ1n) is 15.4. The minimum absolute atomic E-state index is 0.00118. The molecule has 0 bridgehead atoms. The molecule has 1 saturated heterocycles. The summed E-state index contributed by atoms with van der Waals surface area (Å²) in [7, 11) is 0. The fourth-order valence-corrected chi connectivity index (χ4v) is 7.30. The van der Waals surface area contributed by atoms with Crippen molar-refractivity contribution in [1.29, 1.82) is 0 Å². The number of halogens is 1. The molecule has 43 heavy (non-hydrogen) atoms. The number of fused-ring (bicyclic) bond motifs is 1. The Morgan fingerprint density at radius 2 is 1.77 bits per heavy atom. The quantitative estimate of drug-likeness (QED) is 0.269. The van der Waals surface area contributed by atoms with Crippen molar-refractivity contribution < 1.29 is 9.18 Å². The standard InChI is InChI=1S/C35H37FN6O/c1-24-30-23-38-42(29-14-12-28(36)13-15-29)32(30)22-27-11-10-26(34(24)27)21-31(25-7-3-2-4-8-25)39-35(43)41-19-17-40(18-20-41)33-9-5-6-16-37-33/h2-9,12-16,23-24,26,31H,10-11,17-22H2,1H3,(H,39,43)/t24-,26+,31?/m0/s1. The van der Waals surface area contributed by atoms with Gasteiger partial charge in [0, 0.05) is 50.3 Å². The van der Waals surface area contributed by atoms with Crippen LogP contribution in [0.25, 0.3) is 5.69 Å². The van der Waals surface area contributed by atoms with E-state index in [1.807, 2.05) is 46.2 Å². The largest absolute Gasteiger partial charge is 0.353 e. The SMILES string of the molecule is C[C@@H]1C2=C(CC[C@@H]2CC(NC(=O)N2CCN(c3ccccn3)CC2)c2ccccc2)Cc2c1cnn2-c1ccc(F)cc1. The van der Waals surface area contributed by atoms with E-state index in [4.69, 9.17) is 5.10 Å². The second kappa shape index (κ2) is 11.7. The van der Waals surface area contributed by atoms with Crippen LogP contribution in [-0.2, 0) is 6.42 Å². The number of allylic oxidation sites excluding steroid dienone is 2. The molecular formula is C35H37FN6O. The summed E-state index contributed by atoms with van der Waals surface area (Å²) >= 11 is 0. The van der Waals surface area contributed by atoms with E-state index in [1.165, 1.54) is 34.5 Å². The number of piperazine rings is 1. The van der Waals surface area contributed by atoms with Gasteiger partial charge < -0.3 is 15.1 Å². The maximum Gasteiger partial charge on any atom is 0.318 e. The number of hydrogen-bond acceptors (Lipinski definition) is 4. The minimum atomic E-state index is -0.242. The fourth-order valence-electron chi connectivity index (χ4n) is 7.30. The summed E-state index contributed by atoms with van der Waals surface area (Å²) in [4.78, 5) is 22.3. The Bertz CT molecular complexity index is 1610. The molecule has 2 aromatic carbocycles. The second-order valence-electron chi connectivity index (χ2n) is 11.9. The Balaban J connectivity index is 1.07. The number of hydrogen-bond donors (Lipinski definition) is 1. The Hall–Kier alpha value is -4.46. The molecule has 0 saturated carbocycles. The van der Waals surface area contributed by atoms with Crippen molar-refractivity contribution >= 4 is 11.8 Å². The van der Waals surface area contributed by atoms with Crippen LogP contribution in [0.3, 0.4) is 0 Å². The Labute approximate surface area is 252 Å². The predicted octanol–water partition coefficient (Wildman–Crippen LogP) is 6.44. The highest BCUT2D eigenvalue weighted by atomic mass is 19.1. The number of nitrogens with zero attached hydrogens (tertiary/aromatic N) is 5. The lowest BCUT2D eigenvalue weighted by molar-refractivity contribution is 0.188. The van der Waals surface area contributed by atoms with Gasteiger partial charge in [0.05, 0.1) is 23.6 Å². The summed E-state index contributed by atoms with van der Waals surface area (Å²) in [6.07, 6.45) is 7.69. The number of pyridine rings is 1. The molecule has 0 radical (unpaired) electrons. The molecule has 4 aromatic rings. The third kappa shape index (κ3) is 5.42. The highest BCUT2D eigenvalue weighted by molar-refractivity contribution is 5.75. The molecule has 3 heterocycles. The van der Waals surface area contributed by atoms with Crippen LogP contribution in [0.4, 0.5) is 15.0 Å². The summed E-state index contributed by atoms with van der Waals surface area (Å²) in [5.74, 6) is 1.36. The van der Waals surface area contributed by atoms with E-state index < -0.39 is 0 Å². The van der Waals surface area contributed by atoms with Gasteiger partial charge in [0.15, 0.2) is 0 Å².